The molecule has 0 heterocycles. The van der Waals surface area contributed by atoms with Crippen molar-refractivity contribution in [1.82, 2.24) is 0 Å². The maximum atomic E-state index is 9.92. The van der Waals surface area contributed by atoms with E-state index < -0.39 is 0 Å². The van der Waals surface area contributed by atoms with Crippen LogP contribution < -0.4 is 0 Å². The molecule has 1 heteroatoms. The van der Waals surface area contributed by atoms with Gasteiger partial charge in [0.1, 0.15) is 0 Å². The normalized spacial score (nSPS) is 34.9. The lowest BCUT2D eigenvalue weighted by atomic mass is 9.66. The molecular weight excluding hydrogens is 172 g/mol. The first kappa shape index (κ1) is 12.0. The number of aliphatic hydroxyl groups excluding tert-OH is 1. The summed E-state index contributed by atoms with van der Waals surface area (Å²) in [7, 11) is 0. The second kappa shape index (κ2) is 4.22. The number of hydrogen-bond acceptors (Lipinski definition) is 1. The van der Waals surface area contributed by atoms with Gasteiger partial charge in [0.15, 0.2) is 0 Å². The molecule has 14 heavy (non-hydrogen) atoms. The molecule has 1 fully saturated rings. The number of aliphatic hydroxyl groups is 1. The smallest absolute Gasteiger partial charge is 0.0571 e. The van der Waals surface area contributed by atoms with Crippen molar-refractivity contribution in [3.8, 4) is 0 Å². The molecule has 0 spiro atoms. The van der Waals surface area contributed by atoms with E-state index >= 15 is 0 Å². The van der Waals surface area contributed by atoms with Crippen LogP contribution in [0.3, 0.4) is 0 Å². The van der Waals surface area contributed by atoms with Crippen molar-refractivity contribution in [2.24, 2.45) is 23.2 Å². The van der Waals surface area contributed by atoms with Crippen LogP contribution in [0.15, 0.2) is 0 Å². The second-order valence-electron chi connectivity index (χ2n) is 6.35. The van der Waals surface area contributed by atoms with E-state index in [9.17, 15) is 5.11 Å². The quantitative estimate of drug-likeness (QED) is 0.684. The standard InChI is InChI=1S/C13H26O/c1-9(2)11-8-10(13(3,4)5)6-7-12(11)14/h9-12,14H,6-8H2,1-5H3. The van der Waals surface area contributed by atoms with Gasteiger partial charge in [-0.05, 0) is 42.4 Å². The van der Waals surface area contributed by atoms with Crippen LogP contribution in [0.2, 0.25) is 0 Å². The molecule has 0 saturated heterocycles. The summed E-state index contributed by atoms with van der Waals surface area (Å²) in [4.78, 5) is 0. The molecule has 0 aliphatic heterocycles. The van der Waals surface area contributed by atoms with Gasteiger partial charge < -0.3 is 5.11 Å². The minimum Gasteiger partial charge on any atom is -0.393 e. The Kier molecular flexibility index (Phi) is 3.63. The zero-order chi connectivity index (χ0) is 10.9. The van der Waals surface area contributed by atoms with Crippen molar-refractivity contribution < 1.29 is 5.11 Å². The van der Waals surface area contributed by atoms with Crippen molar-refractivity contribution >= 4 is 0 Å². The second-order valence-corrected chi connectivity index (χ2v) is 6.35. The summed E-state index contributed by atoms with van der Waals surface area (Å²) in [6.07, 6.45) is 3.37. The van der Waals surface area contributed by atoms with Crippen LogP contribution >= 0.6 is 0 Å². The van der Waals surface area contributed by atoms with Crippen molar-refractivity contribution in [2.45, 2.75) is 60.0 Å². The van der Waals surface area contributed by atoms with Gasteiger partial charge in [-0.25, -0.2) is 0 Å². The van der Waals surface area contributed by atoms with E-state index in [-0.39, 0.29) is 6.10 Å². The molecule has 1 aliphatic carbocycles. The largest absolute Gasteiger partial charge is 0.393 e. The van der Waals surface area contributed by atoms with Crippen LogP contribution in [-0.2, 0) is 0 Å². The Balaban J connectivity index is 2.62. The fraction of sp³-hybridized carbons (Fsp3) is 1.00. The van der Waals surface area contributed by atoms with Gasteiger partial charge in [0.25, 0.3) is 0 Å². The molecule has 1 rings (SSSR count). The van der Waals surface area contributed by atoms with Crippen LogP contribution in [0.25, 0.3) is 0 Å². The first-order valence-corrected chi connectivity index (χ1v) is 6.00. The SMILES string of the molecule is CC(C)C1CC(C(C)(C)C)CCC1O. The molecule has 1 N–H and O–H groups in total. The van der Waals surface area contributed by atoms with E-state index in [1.54, 1.807) is 0 Å². The first-order chi connectivity index (χ1) is 6.32. The topological polar surface area (TPSA) is 20.2 Å². The van der Waals surface area contributed by atoms with Crippen molar-refractivity contribution in [2.75, 3.05) is 0 Å². The molecule has 0 aromatic carbocycles. The lowest BCUT2D eigenvalue weighted by Crippen LogP contribution is -2.37. The van der Waals surface area contributed by atoms with Crippen molar-refractivity contribution in [1.29, 1.82) is 0 Å². The highest BCUT2D eigenvalue weighted by molar-refractivity contribution is 4.86. The van der Waals surface area contributed by atoms with E-state index in [1.807, 2.05) is 0 Å². The summed E-state index contributed by atoms with van der Waals surface area (Å²) >= 11 is 0. The predicted molar refractivity (Wildman–Crippen MR) is 61.1 cm³/mol. The highest BCUT2D eigenvalue weighted by Crippen LogP contribution is 2.42. The van der Waals surface area contributed by atoms with Crippen LogP contribution in [0, 0.1) is 23.2 Å². The first-order valence-electron chi connectivity index (χ1n) is 6.00. The van der Waals surface area contributed by atoms with Gasteiger partial charge in [0.2, 0.25) is 0 Å². The molecule has 3 unspecified atom stereocenters. The fourth-order valence-electron chi connectivity index (χ4n) is 2.69. The average molecular weight is 198 g/mol. The van der Waals surface area contributed by atoms with Crippen molar-refractivity contribution in [3.63, 3.8) is 0 Å². The minimum absolute atomic E-state index is 0.0476. The average Bonchev–Trinajstić information content (AvgIpc) is 2.02. The molecular formula is C13H26O. The minimum atomic E-state index is -0.0476. The van der Waals surface area contributed by atoms with E-state index in [0.717, 1.165) is 12.3 Å². The van der Waals surface area contributed by atoms with Crippen LogP contribution in [0.1, 0.15) is 53.9 Å². The Labute approximate surface area is 88.9 Å². The third-order valence-electron chi connectivity index (χ3n) is 3.94. The highest BCUT2D eigenvalue weighted by atomic mass is 16.3. The van der Waals surface area contributed by atoms with Gasteiger partial charge >= 0.3 is 0 Å². The third kappa shape index (κ3) is 2.73. The summed E-state index contributed by atoms with van der Waals surface area (Å²) in [5, 5.41) is 9.92. The summed E-state index contributed by atoms with van der Waals surface area (Å²) in [5.41, 5.74) is 0.410. The van der Waals surface area contributed by atoms with Crippen LogP contribution in [0.4, 0.5) is 0 Å². The van der Waals surface area contributed by atoms with Gasteiger partial charge in [-0.3, -0.25) is 0 Å². The van der Waals surface area contributed by atoms with Gasteiger partial charge in [0.05, 0.1) is 6.10 Å². The Hall–Kier alpha value is -0.0400. The molecule has 0 bridgehead atoms. The van der Waals surface area contributed by atoms with Gasteiger partial charge in [-0.15, -0.1) is 0 Å². The maximum Gasteiger partial charge on any atom is 0.0571 e. The third-order valence-corrected chi connectivity index (χ3v) is 3.94. The summed E-state index contributed by atoms with van der Waals surface area (Å²) in [6.45, 7) is 11.4. The summed E-state index contributed by atoms with van der Waals surface area (Å²) in [6, 6.07) is 0. The number of rotatable bonds is 1. The fourth-order valence-corrected chi connectivity index (χ4v) is 2.69. The molecule has 0 aromatic heterocycles. The molecule has 1 aliphatic rings. The Morgan fingerprint density at radius 1 is 1.14 bits per heavy atom. The lowest BCUT2D eigenvalue weighted by Gasteiger charge is -2.41. The van der Waals surface area contributed by atoms with Gasteiger partial charge in [-0.2, -0.15) is 0 Å². The zero-order valence-electron chi connectivity index (χ0n) is 10.4. The predicted octanol–water partition coefficient (Wildman–Crippen LogP) is 3.47. The Morgan fingerprint density at radius 2 is 1.71 bits per heavy atom. The molecule has 84 valence electrons. The summed E-state index contributed by atoms with van der Waals surface area (Å²) in [5.74, 6) is 1.93. The van der Waals surface area contributed by atoms with Crippen LogP contribution in [0.5, 0.6) is 0 Å². The van der Waals surface area contributed by atoms with Gasteiger partial charge in [-0.1, -0.05) is 34.6 Å². The highest BCUT2D eigenvalue weighted by Gasteiger charge is 2.36. The molecule has 0 amide bonds. The Morgan fingerprint density at radius 3 is 2.14 bits per heavy atom. The lowest BCUT2D eigenvalue weighted by molar-refractivity contribution is -0.000452. The number of hydrogen-bond donors (Lipinski definition) is 1. The molecule has 1 nitrogen and oxygen atoms in total. The van der Waals surface area contributed by atoms with E-state index in [0.29, 0.717) is 17.3 Å². The van der Waals surface area contributed by atoms with E-state index in [1.165, 1.54) is 12.8 Å². The molecule has 0 aromatic rings. The monoisotopic (exact) mass is 198 g/mol. The Bertz CT molecular complexity index is 178. The zero-order valence-corrected chi connectivity index (χ0v) is 10.4. The molecule has 3 atom stereocenters. The molecule has 0 radical (unpaired) electrons. The van der Waals surface area contributed by atoms with E-state index in [2.05, 4.69) is 34.6 Å². The van der Waals surface area contributed by atoms with Crippen molar-refractivity contribution in [3.05, 3.63) is 0 Å². The van der Waals surface area contributed by atoms with Crippen LogP contribution in [-0.4, -0.2) is 11.2 Å². The van der Waals surface area contributed by atoms with E-state index in [4.69, 9.17) is 0 Å². The maximum absolute atomic E-state index is 9.92. The molecule has 1 saturated carbocycles. The van der Waals surface area contributed by atoms with Gasteiger partial charge in [0, 0.05) is 0 Å². The summed E-state index contributed by atoms with van der Waals surface area (Å²) < 4.78 is 0.